The van der Waals surface area contributed by atoms with Crippen LogP contribution in [-0.4, -0.2) is 25.8 Å². The summed E-state index contributed by atoms with van der Waals surface area (Å²) in [4.78, 5) is 2.36. The number of benzene rings is 1. The minimum atomic E-state index is 0.381. The molecule has 0 radical (unpaired) electrons. The highest BCUT2D eigenvalue weighted by Gasteiger charge is 2.19. The minimum Gasteiger partial charge on any atom is -0.376 e. The maximum absolute atomic E-state index is 5.71. The topological polar surface area (TPSA) is 38.5 Å². The summed E-state index contributed by atoms with van der Waals surface area (Å²) in [7, 11) is 0. The Morgan fingerprint density at radius 2 is 2.33 bits per heavy atom. The van der Waals surface area contributed by atoms with Crippen LogP contribution in [0, 0.1) is 0 Å². The fraction of sp³-hybridized carbons (Fsp3) is 0.571. The Morgan fingerprint density at radius 1 is 1.50 bits per heavy atom. The van der Waals surface area contributed by atoms with Gasteiger partial charge in [0.2, 0.25) is 0 Å². The van der Waals surface area contributed by atoms with Crippen molar-refractivity contribution in [3.05, 3.63) is 28.2 Å². The number of anilines is 1. The summed E-state index contributed by atoms with van der Waals surface area (Å²) in [6.45, 7) is 5.63. The van der Waals surface area contributed by atoms with Gasteiger partial charge in [0, 0.05) is 30.7 Å². The lowest BCUT2D eigenvalue weighted by molar-refractivity contribution is 0.115. The van der Waals surface area contributed by atoms with Crippen LogP contribution >= 0.6 is 15.9 Å². The first-order chi connectivity index (χ1) is 8.74. The predicted molar refractivity (Wildman–Crippen MR) is 78.9 cm³/mol. The number of hydrogen-bond donors (Lipinski definition) is 1. The molecule has 1 unspecified atom stereocenters. The van der Waals surface area contributed by atoms with Crippen molar-refractivity contribution in [2.24, 2.45) is 5.73 Å². The predicted octanol–water partition coefficient (Wildman–Crippen LogP) is 2.91. The van der Waals surface area contributed by atoms with Crippen molar-refractivity contribution in [2.75, 3.05) is 24.6 Å². The third-order valence-corrected chi connectivity index (χ3v) is 4.05. The van der Waals surface area contributed by atoms with Crippen molar-refractivity contribution >= 4 is 21.6 Å². The second-order valence-electron chi connectivity index (χ2n) is 4.66. The van der Waals surface area contributed by atoms with E-state index in [0.29, 0.717) is 12.6 Å². The van der Waals surface area contributed by atoms with E-state index in [-0.39, 0.29) is 0 Å². The minimum absolute atomic E-state index is 0.381. The van der Waals surface area contributed by atoms with Crippen molar-refractivity contribution in [2.45, 2.75) is 32.4 Å². The molecule has 0 spiro atoms. The summed E-state index contributed by atoms with van der Waals surface area (Å²) in [6.07, 6.45) is 2.75. The first kappa shape index (κ1) is 13.8. The second-order valence-corrected chi connectivity index (χ2v) is 5.52. The van der Waals surface area contributed by atoms with E-state index in [4.69, 9.17) is 10.5 Å². The number of rotatable bonds is 5. The van der Waals surface area contributed by atoms with Gasteiger partial charge in [-0.2, -0.15) is 0 Å². The van der Waals surface area contributed by atoms with E-state index in [0.717, 1.165) is 29.7 Å². The number of hydrogen-bond acceptors (Lipinski definition) is 3. The van der Waals surface area contributed by atoms with E-state index in [1.54, 1.807) is 0 Å². The number of ether oxygens (including phenoxy) is 1. The second kappa shape index (κ2) is 6.55. The van der Waals surface area contributed by atoms with Crippen molar-refractivity contribution in [3.63, 3.8) is 0 Å². The standard InChI is InChI=1S/C14H21BrN2O/c1-2-17(10-12-4-3-7-18-12)14-6-5-11(9-16)8-13(14)15/h5-6,8,12H,2-4,7,9-10,16H2,1H3. The van der Waals surface area contributed by atoms with Gasteiger partial charge in [-0.05, 0) is 53.4 Å². The normalized spacial score (nSPS) is 19.2. The van der Waals surface area contributed by atoms with Crippen molar-refractivity contribution in [1.29, 1.82) is 0 Å². The first-order valence-electron chi connectivity index (χ1n) is 6.59. The van der Waals surface area contributed by atoms with Gasteiger partial charge >= 0.3 is 0 Å². The molecule has 3 nitrogen and oxygen atoms in total. The highest BCUT2D eigenvalue weighted by Crippen LogP contribution is 2.28. The van der Waals surface area contributed by atoms with Gasteiger partial charge in [0.1, 0.15) is 0 Å². The Bertz CT molecular complexity index is 391. The SMILES string of the molecule is CCN(CC1CCCO1)c1ccc(CN)cc1Br. The van der Waals surface area contributed by atoms with E-state index in [2.05, 4.69) is 46.0 Å². The zero-order valence-electron chi connectivity index (χ0n) is 10.9. The van der Waals surface area contributed by atoms with Crippen molar-refractivity contribution < 1.29 is 4.74 Å². The Balaban J connectivity index is 2.10. The molecule has 2 rings (SSSR count). The molecule has 4 heteroatoms. The Morgan fingerprint density at radius 3 is 2.89 bits per heavy atom. The Labute approximate surface area is 117 Å². The lowest BCUT2D eigenvalue weighted by atomic mass is 10.1. The summed E-state index contributed by atoms with van der Waals surface area (Å²) in [5.41, 5.74) is 8.03. The summed E-state index contributed by atoms with van der Waals surface area (Å²) < 4.78 is 6.83. The Kier molecular flexibility index (Phi) is 5.03. The average Bonchev–Trinajstić information content (AvgIpc) is 2.89. The smallest absolute Gasteiger partial charge is 0.0750 e. The van der Waals surface area contributed by atoms with Gasteiger partial charge in [-0.15, -0.1) is 0 Å². The molecular weight excluding hydrogens is 292 g/mol. The largest absolute Gasteiger partial charge is 0.376 e. The van der Waals surface area contributed by atoms with Gasteiger partial charge in [-0.25, -0.2) is 0 Å². The number of nitrogens with zero attached hydrogens (tertiary/aromatic N) is 1. The molecule has 1 aromatic carbocycles. The third-order valence-electron chi connectivity index (χ3n) is 3.42. The molecule has 0 aromatic heterocycles. The average molecular weight is 313 g/mol. The summed E-state index contributed by atoms with van der Waals surface area (Å²) in [5.74, 6) is 0. The number of nitrogens with two attached hydrogens (primary N) is 1. The molecule has 1 fully saturated rings. The molecule has 100 valence electrons. The quantitative estimate of drug-likeness (QED) is 0.908. The fourth-order valence-corrected chi connectivity index (χ4v) is 3.04. The zero-order chi connectivity index (χ0) is 13.0. The molecule has 1 aromatic rings. The van der Waals surface area contributed by atoms with Crippen LogP contribution in [0.15, 0.2) is 22.7 Å². The van der Waals surface area contributed by atoms with E-state index in [9.17, 15) is 0 Å². The zero-order valence-corrected chi connectivity index (χ0v) is 12.4. The number of halogens is 1. The molecule has 2 N–H and O–H groups in total. The van der Waals surface area contributed by atoms with Crippen LogP contribution < -0.4 is 10.6 Å². The highest BCUT2D eigenvalue weighted by atomic mass is 79.9. The van der Waals surface area contributed by atoms with E-state index in [1.165, 1.54) is 18.5 Å². The number of likely N-dealkylation sites (N-methyl/N-ethyl adjacent to an activating group) is 1. The summed E-state index contributed by atoms with van der Waals surface area (Å²) in [6, 6.07) is 6.34. The van der Waals surface area contributed by atoms with Gasteiger partial charge < -0.3 is 15.4 Å². The molecule has 0 aliphatic carbocycles. The lowest BCUT2D eigenvalue weighted by Crippen LogP contribution is -2.32. The highest BCUT2D eigenvalue weighted by molar-refractivity contribution is 9.10. The monoisotopic (exact) mass is 312 g/mol. The molecule has 1 aliphatic rings. The maximum Gasteiger partial charge on any atom is 0.0750 e. The van der Waals surface area contributed by atoms with E-state index >= 15 is 0 Å². The summed E-state index contributed by atoms with van der Waals surface area (Å²) in [5, 5.41) is 0. The maximum atomic E-state index is 5.71. The van der Waals surface area contributed by atoms with E-state index < -0.39 is 0 Å². The van der Waals surface area contributed by atoms with Gasteiger partial charge in [-0.1, -0.05) is 6.07 Å². The van der Waals surface area contributed by atoms with Gasteiger partial charge in [0.25, 0.3) is 0 Å². The summed E-state index contributed by atoms with van der Waals surface area (Å²) >= 11 is 3.64. The Hall–Kier alpha value is -0.580. The van der Waals surface area contributed by atoms with Gasteiger partial charge in [0.05, 0.1) is 11.8 Å². The van der Waals surface area contributed by atoms with Crippen LogP contribution in [0.1, 0.15) is 25.3 Å². The van der Waals surface area contributed by atoms with Crippen LogP contribution in [0.4, 0.5) is 5.69 Å². The van der Waals surface area contributed by atoms with Crippen LogP contribution in [0.25, 0.3) is 0 Å². The molecule has 0 bridgehead atoms. The molecular formula is C14H21BrN2O. The third kappa shape index (κ3) is 3.25. The first-order valence-corrected chi connectivity index (χ1v) is 7.39. The molecule has 1 saturated heterocycles. The lowest BCUT2D eigenvalue weighted by Gasteiger charge is -2.27. The van der Waals surface area contributed by atoms with Crippen LogP contribution in [0.3, 0.4) is 0 Å². The van der Waals surface area contributed by atoms with Crippen molar-refractivity contribution in [3.8, 4) is 0 Å². The molecule has 0 amide bonds. The van der Waals surface area contributed by atoms with Crippen LogP contribution in [-0.2, 0) is 11.3 Å². The van der Waals surface area contributed by atoms with Crippen LogP contribution in [0.2, 0.25) is 0 Å². The molecule has 1 aliphatic heterocycles. The van der Waals surface area contributed by atoms with Crippen molar-refractivity contribution in [1.82, 2.24) is 0 Å². The molecule has 1 heterocycles. The van der Waals surface area contributed by atoms with Gasteiger partial charge in [-0.3, -0.25) is 0 Å². The van der Waals surface area contributed by atoms with Crippen LogP contribution in [0.5, 0.6) is 0 Å². The van der Waals surface area contributed by atoms with Gasteiger partial charge in [0.15, 0.2) is 0 Å². The fourth-order valence-electron chi connectivity index (χ4n) is 2.37. The molecule has 0 saturated carbocycles. The van der Waals surface area contributed by atoms with E-state index in [1.807, 2.05) is 0 Å². The molecule has 1 atom stereocenters. The molecule has 18 heavy (non-hydrogen) atoms.